The van der Waals surface area contributed by atoms with Gasteiger partial charge in [0.2, 0.25) is 0 Å². The molecule has 1 aromatic rings. The number of benzene rings is 1. The highest BCUT2D eigenvalue weighted by molar-refractivity contribution is 7.70. The van der Waals surface area contributed by atoms with E-state index in [1.165, 1.54) is 5.30 Å². The molecule has 0 fully saturated rings. The zero-order valence-corrected chi connectivity index (χ0v) is 14.4. The molecule has 22 heavy (non-hydrogen) atoms. The molecular weight excluding hydrogens is 285 g/mol. The minimum absolute atomic E-state index is 0.356. The Morgan fingerprint density at radius 1 is 0.955 bits per heavy atom. The molecule has 0 aromatic heterocycles. The molecule has 0 N–H and O–H groups in total. The molecule has 0 aliphatic heterocycles. The molecule has 2 heteroatoms. The van der Waals surface area contributed by atoms with Crippen LogP contribution in [0.4, 0.5) is 0 Å². The van der Waals surface area contributed by atoms with Gasteiger partial charge in [-0.3, -0.25) is 0 Å². The van der Waals surface area contributed by atoms with E-state index in [0.29, 0.717) is 17.6 Å². The first kappa shape index (κ1) is 15.5. The summed E-state index contributed by atoms with van der Waals surface area (Å²) in [4.78, 5) is 2.33. The van der Waals surface area contributed by atoms with Crippen LogP contribution in [0.5, 0.6) is 0 Å². The topological polar surface area (TPSA) is 3.24 Å². The summed E-state index contributed by atoms with van der Waals surface area (Å²) >= 11 is 0. The van der Waals surface area contributed by atoms with Crippen LogP contribution in [-0.4, -0.2) is 30.7 Å². The normalized spacial score (nSPS) is 23.3. The molecule has 114 valence electrons. The lowest BCUT2D eigenvalue weighted by molar-refractivity contribution is 0.281. The smallest absolute Gasteiger partial charge is 0.0234 e. The standard InChI is InChI=1S/C20H24NP/c1-16(21(2)3)19-14-9-15-20(19)22(18-12-7-8-13-18)17-10-5-4-6-11-17/h4-16,18-19H,1-3H3/t16-,19?,22?/m1/s1. The van der Waals surface area contributed by atoms with Crippen molar-refractivity contribution in [2.45, 2.75) is 18.6 Å². The lowest BCUT2D eigenvalue weighted by Gasteiger charge is -2.33. The van der Waals surface area contributed by atoms with Gasteiger partial charge in [0, 0.05) is 17.6 Å². The highest BCUT2D eigenvalue weighted by Crippen LogP contribution is 2.55. The van der Waals surface area contributed by atoms with Crippen LogP contribution in [0, 0.1) is 5.92 Å². The Kier molecular flexibility index (Phi) is 4.76. The van der Waals surface area contributed by atoms with E-state index >= 15 is 0 Å². The van der Waals surface area contributed by atoms with Gasteiger partial charge in [-0.05, 0) is 39.6 Å². The van der Waals surface area contributed by atoms with Crippen molar-refractivity contribution < 1.29 is 0 Å². The van der Waals surface area contributed by atoms with Crippen LogP contribution in [-0.2, 0) is 0 Å². The number of allylic oxidation sites excluding steroid dienone is 6. The van der Waals surface area contributed by atoms with Gasteiger partial charge in [0.1, 0.15) is 0 Å². The highest BCUT2D eigenvalue weighted by atomic mass is 31.1. The fourth-order valence-corrected chi connectivity index (χ4v) is 6.02. The first-order valence-corrected chi connectivity index (χ1v) is 9.33. The Bertz CT molecular complexity index is 612. The van der Waals surface area contributed by atoms with Gasteiger partial charge >= 0.3 is 0 Å². The molecule has 2 unspecified atom stereocenters. The lowest BCUT2D eigenvalue weighted by atomic mass is 10.0. The van der Waals surface area contributed by atoms with E-state index in [0.717, 1.165) is 0 Å². The number of rotatable bonds is 5. The first-order valence-electron chi connectivity index (χ1n) is 7.92. The maximum absolute atomic E-state index is 2.38. The molecule has 2 aliphatic rings. The number of hydrogen-bond acceptors (Lipinski definition) is 1. The van der Waals surface area contributed by atoms with E-state index in [2.05, 4.69) is 98.8 Å². The Balaban J connectivity index is 1.96. The van der Waals surface area contributed by atoms with Crippen molar-refractivity contribution >= 4 is 13.2 Å². The van der Waals surface area contributed by atoms with Crippen LogP contribution in [0.3, 0.4) is 0 Å². The maximum atomic E-state index is 2.38. The average Bonchev–Trinajstić information content (AvgIpc) is 3.20. The lowest BCUT2D eigenvalue weighted by Crippen LogP contribution is -2.32. The van der Waals surface area contributed by atoms with Crippen LogP contribution < -0.4 is 5.30 Å². The highest BCUT2D eigenvalue weighted by Gasteiger charge is 2.32. The first-order chi connectivity index (χ1) is 10.7. The molecule has 0 amide bonds. The SMILES string of the molecule is C[C@H](C1C=CC=C1P(c1ccccc1)C1C=CC=C1)N(C)C. The Labute approximate surface area is 135 Å². The molecule has 3 rings (SSSR count). The van der Waals surface area contributed by atoms with E-state index in [-0.39, 0.29) is 7.92 Å². The van der Waals surface area contributed by atoms with Gasteiger partial charge in [0.15, 0.2) is 0 Å². The van der Waals surface area contributed by atoms with Gasteiger partial charge in [0.25, 0.3) is 0 Å². The van der Waals surface area contributed by atoms with Gasteiger partial charge in [-0.1, -0.05) is 72.9 Å². The van der Waals surface area contributed by atoms with Crippen LogP contribution in [0.2, 0.25) is 0 Å². The number of hydrogen-bond donors (Lipinski definition) is 0. The second-order valence-corrected chi connectivity index (χ2v) is 8.54. The van der Waals surface area contributed by atoms with E-state index in [1.807, 2.05) is 0 Å². The van der Waals surface area contributed by atoms with Crippen molar-refractivity contribution in [1.29, 1.82) is 0 Å². The molecule has 0 saturated carbocycles. The summed E-state index contributed by atoms with van der Waals surface area (Å²) in [5.74, 6) is 0.517. The molecule has 0 heterocycles. The molecule has 2 aliphatic carbocycles. The zero-order valence-electron chi connectivity index (χ0n) is 13.6. The summed E-state index contributed by atoms with van der Waals surface area (Å²) in [7, 11) is 3.99. The van der Waals surface area contributed by atoms with Crippen LogP contribution in [0.1, 0.15) is 6.92 Å². The Hall–Kier alpha value is -1.43. The van der Waals surface area contributed by atoms with Gasteiger partial charge in [0.05, 0.1) is 0 Å². The van der Waals surface area contributed by atoms with Crippen LogP contribution in [0.15, 0.2) is 78.2 Å². The van der Waals surface area contributed by atoms with E-state index in [4.69, 9.17) is 0 Å². The Morgan fingerprint density at radius 3 is 2.27 bits per heavy atom. The van der Waals surface area contributed by atoms with E-state index < -0.39 is 0 Å². The average molecular weight is 309 g/mol. The van der Waals surface area contributed by atoms with Crippen molar-refractivity contribution in [1.82, 2.24) is 4.90 Å². The molecule has 1 aromatic carbocycles. The molecule has 0 bridgehead atoms. The fraction of sp³-hybridized carbons (Fsp3) is 0.300. The fourth-order valence-electron chi connectivity index (χ4n) is 3.13. The quantitative estimate of drug-likeness (QED) is 0.733. The van der Waals surface area contributed by atoms with Gasteiger partial charge < -0.3 is 4.90 Å². The summed E-state index contributed by atoms with van der Waals surface area (Å²) in [5.41, 5.74) is 0.528. The maximum Gasteiger partial charge on any atom is 0.0234 e. The Morgan fingerprint density at radius 2 is 1.64 bits per heavy atom. The largest absolute Gasteiger partial charge is 0.306 e. The predicted octanol–water partition coefficient (Wildman–Crippen LogP) is 4.31. The van der Waals surface area contributed by atoms with Crippen LogP contribution >= 0.6 is 7.92 Å². The predicted molar refractivity (Wildman–Crippen MR) is 98.9 cm³/mol. The molecule has 0 saturated heterocycles. The van der Waals surface area contributed by atoms with Gasteiger partial charge in [-0.2, -0.15) is 0 Å². The van der Waals surface area contributed by atoms with Gasteiger partial charge in [-0.15, -0.1) is 0 Å². The minimum Gasteiger partial charge on any atom is -0.306 e. The van der Waals surface area contributed by atoms with Crippen molar-refractivity contribution in [3.63, 3.8) is 0 Å². The zero-order chi connectivity index (χ0) is 15.5. The summed E-state index contributed by atoms with van der Waals surface area (Å²) in [6, 6.07) is 11.6. The third-order valence-corrected chi connectivity index (χ3v) is 7.40. The van der Waals surface area contributed by atoms with Crippen molar-refractivity contribution in [3.05, 3.63) is 78.2 Å². The van der Waals surface area contributed by atoms with Gasteiger partial charge in [-0.25, -0.2) is 0 Å². The third-order valence-electron chi connectivity index (χ3n) is 4.60. The van der Waals surface area contributed by atoms with Crippen LogP contribution in [0.25, 0.3) is 0 Å². The summed E-state index contributed by atoms with van der Waals surface area (Å²) < 4.78 is 0. The monoisotopic (exact) mass is 309 g/mol. The summed E-state index contributed by atoms with van der Waals surface area (Å²) in [5, 5.41) is 3.08. The van der Waals surface area contributed by atoms with E-state index in [9.17, 15) is 0 Å². The molecule has 0 spiro atoms. The van der Waals surface area contributed by atoms with Crippen molar-refractivity contribution in [2.24, 2.45) is 5.92 Å². The third kappa shape index (κ3) is 3.02. The second-order valence-electron chi connectivity index (χ2n) is 6.17. The van der Waals surface area contributed by atoms with Crippen molar-refractivity contribution in [2.75, 3.05) is 14.1 Å². The minimum atomic E-state index is -0.356. The molecule has 1 nitrogen and oxygen atoms in total. The van der Waals surface area contributed by atoms with E-state index in [1.54, 1.807) is 5.31 Å². The molecule has 3 atom stereocenters. The summed E-state index contributed by atoms with van der Waals surface area (Å²) in [6.07, 6.45) is 16.1. The number of nitrogens with zero attached hydrogens (tertiary/aromatic N) is 1. The molecule has 0 radical (unpaired) electrons. The van der Waals surface area contributed by atoms with Crippen molar-refractivity contribution in [3.8, 4) is 0 Å². The molecular formula is C20H24NP. The summed E-state index contributed by atoms with van der Waals surface area (Å²) in [6.45, 7) is 2.33. The second kappa shape index (κ2) is 6.77.